The third kappa shape index (κ3) is 3.75. The van der Waals surface area contributed by atoms with Crippen molar-refractivity contribution in [1.82, 2.24) is 15.2 Å². The lowest BCUT2D eigenvalue weighted by Crippen LogP contribution is -2.24. The Labute approximate surface area is 140 Å². The molecule has 2 aromatic rings. The van der Waals surface area contributed by atoms with Crippen LogP contribution in [0.25, 0.3) is 10.9 Å². The van der Waals surface area contributed by atoms with Crippen LogP contribution in [0.2, 0.25) is 0 Å². The van der Waals surface area contributed by atoms with Crippen LogP contribution < -0.4 is 5.32 Å². The van der Waals surface area contributed by atoms with E-state index in [1.165, 1.54) is 30.5 Å². The number of aromatic nitrogens is 1. The van der Waals surface area contributed by atoms with Gasteiger partial charge >= 0.3 is 0 Å². The first-order chi connectivity index (χ1) is 9.78. The van der Waals surface area contributed by atoms with Gasteiger partial charge in [0.15, 0.2) is 0 Å². The Morgan fingerprint density at radius 3 is 3.05 bits per heavy atom. The molecule has 1 aromatic heterocycles. The van der Waals surface area contributed by atoms with Gasteiger partial charge in [-0.05, 0) is 50.2 Å². The molecule has 0 amide bonds. The van der Waals surface area contributed by atoms with Gasteiger partial charge in [0.2, 0.25) is 0 Å². The number of hydrogen-bond acceptors (Lipinski definition) is 3. The van der Waals surface area contributed by atoms with Gasteiger partial charge in [-0.15, -0.1) is 12.4 Å². The summed E-state index contributed by atoms with van der Waals surface area (Å²) in [7, 11) is 2.04. The highest BCUT2D eigenvalue weighted by Crippen LogP contribution is 2.27. The summed E-state index contributed by atoms with van der Waals surface area (Å²) < 4.78 is 1.12. The number of halogens is 2. The molecule has 0 radical (unpaired) electrons. The van der Waals surface area contributed by atoms with E-state index < -0.39 is 0 Å². The summed E-state index contributed by atoms with van der Waals surface area (Å²) >= 11 is 3.61. The predicted molar refractivity (Wildman–Crippen MR) is 94.0 cm³/mol. The van der Waals surface area contributed by atoms with Crippen LogP contribution in [0.3, 0.4) is 0 Å². The van der Waals surface area contributed by atoms with E-state index >= 15 is 0 Å². The van der Waals surface area contributed by atoms with E-state index in [9.17, 15) is 0 Å². The minimum absolute atomic E-state index is 0. The molecular weight excluding hydrogens is 350 g/mol. The Morgan fingerprint density at radius 2 is 2.24 bits per heavy atom. The molecule has 114 valence electrons. The summed E-state index contributed by atoms with van der Waals surface area (Å²) in [6.07, 6.45) is 3.18. The number of hydrogen-bond donors (Lipinski definition) is 1. The Kier molecular flexibility index (Phi) is 5.99. The summed E-state index contributed by atoms with van der Waals surface area (Å²) in [5, 5.41) is 4.49. The van der Waals surface area contributed by atoms with E-state index in [-0.39, 0.29) is 12.4 Å². The van der Waals surface area contributed by atoms with Gasteiger partial charge in [0.1, 0.15) is 0 Å². The van der Waals surface area contributed by atoms with E-state index in [2.05, 4.69) is 49.3 Å². The van der Waals surface area contributed by atoms with Gasteiger partial charge in [0.25, 0.3) is 0 Å². The molecule has 1 saturated heterocycles. The van der Waals surface area contributed by atoms with Crippen LogP contribution in [0.1, 0.15) is 12.0 Å². The van der Waals surface area contributed by atoms with Gasteiger partial charge in [0.05, 0.1) is 5.52 Å². The Balaban J connectivity index is 0.00000161. The minimum atomic E-state index is 0. The molecule has 1 unspecified atom stereocenters. The number of fused-ring (bicyclic) bond motifs is 1. The highest BCUT2D eigenvalue weighted by atomic mass is 79.9. The van der Waals surface area contributed by atoms with Gasteiger partial charge in [-0.3, -0.25) is 9.88 Å². The van der Waals surface area contributed by atoms with Crippen molar-refractivity contribution >= 4 is 39.2 Å². The molecule has 1 fully saturated rings. The van der Waals surface area contributed by atoms with Gasteiger partial charge < -0.3 is 5.32 Å². The molecule has 3 nitrogen and oxygen atoms in total. The standard InChI is InChI=1S/C16H20BrN3.ClH/c1-18-9-12-6-8-20(10-12)11-13-4-5-15(17)14-3-2-7-19-16(13)14;/h2-5,7,12,18H,6,8-11H2,1H3;1H. The largest absolute Gasteiger partial charge is 0.319 e. The molecule has 1 aliphatic heterocycles. The van der Waals surface area contributed by atoms with Crippen molar-refractivity contribution in [3.63, 3.8) is 0 Å². The SMILES string of the molecule is CNCC1CCN(Cc2ccc(Br)c3cccnc23)C1.Cl. The highest BCUT2D eigenvalue weighted by molar-refractivity contribution is 9.10. The first kappa shape index (κ1) is 16.7. The van der Waals surface area contributed by atoms with E-state index in [0.29, 0.717) is 0 Å². The second-order valence-electron chi connectivity index (χ2n) is 5.55. The molecule has 5 heteroatoms. The summed E-state index contributed by atoms with van der Waals surface area (Å²) in [5.41, 5.74) is 2.45. The maximum absolute atomic E-state index is 4.57. The van der Waals surface area contributed by atoms with Gasteiger partial charge in [-0.1, -0.05) is 28.1 Å². The molecule has 1 aromatic carbocycles. The zero-order valence-corrected chi connectivity index (χ0v) is 14.6. The molecule has 3 rings (SSSR count). The van der Waals surface area contributed by atoms with Crippen LogP contribution in [-0.4, -0.2) is 36.6 Å². The third-order valence-corrected chi connectivity index (χ3v) is 4.75. The van der Waals surface area contributed by atoms with Gasteiger partial charge in [-0.2, -0.15) is 0 Å². The average molecular weight is 371 g/mol. The number of benzene rings is 1. The van der Waals surface area contributed by atoms with Crippen LogP contribution in [0.5, 0.6) is 0 Å². The second kappa shape index (κ2) is 7.54. The van der Waals surface area contributed by atoms with Crippen LogP contribution in [0.15, 0.2) is 34.9 Å². The maximum atomic E-state index is 4.57. The van der Waals surface area contributed by atoms with Crippen LogP contribution in [-0.2, 0) is 6.54 Å². The van der Waals surface area contributed by atoms with E-state index in [0.717, 1.165) is 29.0 Å². The number of pyridine rings is 1. The fraction of sp³-hybridized carbons (Fsp3) is 0.438. The van der Waals surface area contributed by atoms with Crippen LogP contribution in [0.4, 0.5) is 0 Å². The highest BCUT2D eigenvalue weighted by Gasteiger charge is 2.22. The van der Waals surface area contributed by atoms with E-state index in [4.69, 9.17) is 0 Å². The zero-order chi connectivity index (χ0) is 13.9. The minimum Gasteiger partial charge on any atom is -0.319 e. The third-order valence-electron chi connectivity index (χ3n) is 4.06. The Bertz CT molecular complexity index is 605. The lowest BCUT2D eigenvalue weighted by atomic mass is 10.1. The van der Waals surface area contributed by atoms with Crippen LogP contribution >= 0.6 is 28.3 Å². The molecular formula is C16H21BrClN3. The van der Waals surface area contributed by atoms with Crippen molar-refractivity contribution in [2.24, 2.45) is 5.92 Å². The Morgan fingerprint density at radius 1 is 1.38 bits per heavy atom. The molecule has 21 heavy (non-hydrogen) atoms. The van der Waals surface area contributed by atoms with Crippen molar-refractivity contribution in [3.8, 4) is 0 Å². The quantitative estimate of drug-likeness (QED) is 0.893. The zero-order valence-electron chi connectivity index (χ0n) is 12.2. The summed E-state index contributed by atoms with van der Waals surface area (Å²) in [5.74, 6) is 0.787. The average Bonchev–Trinajstić information content (AvgIpc) is 2.90. The first-order valence-electron chi connectivity index (χ1n) is 7.17. The monoisotopic (exact) mass is 369 g/mol. The fourth-order valence-corrected chi connectivity index (χ4v) is 3.53. The lowest BCUT2D eigenvalue weighted by molar-refractivity contribution is 0.316. The van der Waals surface area contributed by atoms with Crippen molar-refractivity contribution in [1.29, 1.82) is 0 Å². The smallest absolute Gasteiger partial charge is 0.0758 e. The molecule has 0 aliphatic carbocycles. The number of nitrogens with one attached hydrogen (secondary N) is 1. The molecule has 0 bridgehead atoms. The first-order valence-corrected chi connectivity index (χ1v) is 7.96. The summed E-state index contributed by atoms with van der Waals surface area (Å²) in [4.78, 5) is 7.11. The Hall–Kier alpha value is -0.680. The van der Waals surface area contributed by atoms with Crippen molar-refractivity contribution in [2.45, 2.75) is 13.0 Å². The van der Waals surface area contributed by atoms with Crippen LogP contribution in [0, 0.1) is 5.92 Å². The fourth-order valence-electron chi connectivity index (χ4n) is 3.08. The van der Waals surface area contributed by atoms with Gasteiger partial charge in [-0.25, -0.2) is 0 Å². The molecule has 0 saturated carbocycles. The number of nitrogens with zero attached hydrogens (tertiary/aromatic N) is 2. The lowest BCUT2D eigenvalue weighted by Gasteiger charge is -2.17. The number of likely N-dealkylation sites (tertiary alicyclic amines) is 1. The molecule has 2 heterocycles. The maximum Gasteiger partial charge on any atom is 0.0758 e. The summed E-state index contributed by atoms with van der Waals surface area (Å²) in [6, 6.07) is 8.46. The molecule has 1 N–H and O–H groups in total. The number of rotatable bonds is 4. The summed E-state index contributed by atoms with van der Waals surface area (Å²) in [6.45, 7) is 4.50. The predicted octanol–water partition coefficient (Wildman–Crippen LogP) is 3.46. The van der Waals surface area contributed by atoms with E-state index in [1.54, 1.807) is 0 Å². The molecule has 0 spiro atoms. The topological polar surface area (TPSA) is 28.2 Å². The normalized spacial score (nSPS) is 18.9. The van der Waals surface area contributed by atoms with Gasteiger partial charge in [0, 0.05) is 29.1 Å². The molecule has 1 atom stereocenters. The van der Waals surface area contributed by atoms with E-state index in [1.807, 2.05) is 19.3 Å². The van der Waals surface area contributed by atoms with Crippen molar-refractivity contribution in [2.75, 3.05) is 26.7 Å². The molecule has 1 aliphatic rings. The second-order valence-corrected chi connectivity index (χ2v) is 6.41. The van der Waals surface area contributed by atoms with Crippen molar-refractivity contribution in [3.05, 3.63) is 40.5 Å². The van der Waals surface area contributed by atoms with Crippen molar-refractivity contribution < 1.29 is 0 Å².